The summed E-state index contributed by atoms with van der Waals surface area (Å²) in [5, 5.41) is 0. The number of hydrogen-bond acceptors (Lipinski definition) is 6. The van der Waals surface area contributed by atoms with Crippen molar-refractivity contribution < 1.29 is 24.1 Å². The highest BCUT2D eigenvalue weighted by Crippen LogP contribution is 2.35. The first-order chi connectivity index (χ1) is 16.7. The number of carbonyl (C=O) groups is 2. The molecule has 0 fully saturated rings. The third kappa shape index (κ3) is 9.02. The summed E-state index contributed by atoms with van der Waals surface area (Å²) in [7, 11) is 0. The summed E-state index contributed by atoms with van der Waals surface area (Å²) in [6.07, 6.45) is 0.376. The van der Waals surface area contributed by atoms with Crippen LogP contribution in [0, 0.1) is 0 Å². The molecule has 3 rings (SSSR count). The van der Waals surface area contributed by atoms with Crippen molar-refractivity contribution in [1.82, 2.24) is 4.90 Å². The molecule has 0 heterocycles. The summed E-state index contributed by atoms with van der Waals surface area (Å²) in [4.78, 5) is 37.3. The van der Waals surface area contributed by atoms with Crippen molar-refractivity contribution in [2.75, 3.05) is 6.54 Å². The summed E-state index contributed by atoms with van der Waals surface area (Å²) in [5.74, 6) is -0.0347. The lowest BCUT2D eigenvalue weighted by molar-refractivity contribution is -0.211. The lowest BCUT2D eigenvalue weighted by Crippen LogP contribution is -2.37. The lowest BCUT2D eigenvalue weighted by Gasteiger charge is -2.27. The molecule has 0 saturated carbocycles. The molecule has 3 aromatic rings. The van der Waals surface area contributed by atoms with E-state index in [0.29, 0.717) is 25.3 Å². The van der Waals surface area contributed by atoms with E-state index in [1.807, 2.05) is 93.6 Å². The number of ether oxygens (including phenoxy) is 1. The maximum Gasteiger partial charge on any atom is 0.410 e. The highest BCUT2D eigenvalue weighted by molar-refractivity contribution is 7.99. The smallest absolute Gasteiger partial charge is 0.410 e. The molecule has 7 heteroatoms. The molecule has 3 aromatic carbocycles. The zero-order chi connectivity index (χ0) is 25.3. The second-order valence-corrected chi connectivity index (χ2v) is 10.1. The average molecular weight is 494 g/mol. The molecule has 0 atom stereocenters. The van der Waals surface area contributed by atoms with Crippen molar-refractivity contribution >= 4 is 23.8 Å². The fourth-order valence-corrected chi connectivity index (χ4v) is 4.06. The van der Waals surface area contributed by atoms with Crippen LogP contribution in [0.1, 0.15) is 38.8 Å². The molecule has 0 unspecified atom stereocenters. The molecular weight excluding hydrogens is 462 g/mol. The van der Waals surface area contributed by atoms with E-state index >= 15 is 0 Å². The van der Waals surface area contributed by atoms with E-state index in [2.05, 4.69) is 4.89 Å². The van der Waals surface area contributed by atoms with Gasteiger partial charge in [0.2, 0.25) is 0 Å². The van der Waals surface area contributed by atoms with Crippen molar-refractivity contribution in [3.63, 3.8) is 0 Å². The molecule has 0 N–H and O–H groups in total. The van der Waals surface area contributed by atoms with E-state index in [9.17, 15) is 9.59 Å². The van der Waals surface area contributed by atoms with Crippen LogP contribution in [0.5, 0.6) is 5.75 Å². The van der Waals surface area contributed by atoms with Crippen molar-refractivity contribution in [2.45, 2.75) is 56.1 Å². The van der Waals surface area contributed by atoms with Gasteiger partial charge in [-0.05, 0) is 62.6 Å². The maximum absolute atomic E-state index is 12.8. The van der Waals surface area contributed by atoms with Gasteiger partial charge in [0.15, 0.2) is 5.75 Å². The molecule has 0 aliphatic carbocycles. The third-order valence-electron chi connectivity index (χ3n) is 4.79. The molecule has 0 aromatic heterocycles. The third-order valence-corrected chi connectivity index (χ3v) is 5.85. The Morgan fingerprint density at radius 3 is 2.17 bits per heavy atom. The Labute approximate surface area is 211 Å². The van der Waals surface area contributed by atoms with Crippen LogP contribution in [0.15, 0.2) is 88.7 Å². The zero-order valence-corrected chi connectivity index (χ0v) is 21.3. The Morgan fingerprint density at radius 2 is 1.51 bits per heavy atom. The topological polar surface area (TPSA) is 65.1 Å². The van der Waals surface area contributed by atoms with Gasteiger partial charge in [-0.1, -0.05) is 66.4 Å². The van der Waals surface area contributed by atoms with Crippen LogP contribution in [0.2, 0.25) is 0 Å². The number of carbonyl (C=O) groups excluding carboxylic acids is 2. The number of rotatable bonds is 9. The molecule has 0 aliphatic heterocycles. The fraction of sp³-hybridized carbons (Fsp3) is 0.286. The van der Waals surface area contributed by atoms with Gasteiger partial charge in [-0.2, -0.15) is 0 Å². The van der Waals surface area contributed by atoms with E-state index in [4.69, 9.17) is 9.62 Å². The van der Waals surface area contributed by atoms with E-state index in [0.717, 1.165) is 20.9 Å². The first-order valence-corrected chi connectivity index (χ1v) is 12.2. The number of amides is 1. The summed E-state index contributed by atoms with van der Waals surface area (Å²) in [6.45, 7) is 7.93. The fourth-order valence-electron chi connectivity index (χ4n) is 3.19. The summed E-state index contributed by atoms with van der Waals surface area (Å²) in [5.41, 5.74) is 1.61. The summed E-state index contributed by atoms with van der Waals surface area (Å²) in [6, 6.07) is 25.4. The number of hydrogen-bond donors (Lipinski definition) is 0. The van der Waals surface area contributed by atoms with Crippen molar-refractivity contribution in [2.24, 2.45) is 0 Å². The van der Waals surface area contributed by atoms with Gasteiger partial charge in [0, 0.05) is 24.9 Å². The Hall–Kier alpha value is -3.45. The second-order valence-electron chi connectivity index (χ2n) is 8.99. The van der Waals surface area contributed by atoms with Gasteiger partial charge in [-0.3, -0.25) is 9.78 Å². The van der Waals surface area contributed by atoms with Gasteiger partial charge >= 0.3 is 12.1 Å². The number of benzene rings is 3. The van der Waals surface area contributed by atoms with E-state index in [1.165, 1.54) is 18.7 Å². The monoisotopic (exact) mass is 493 g/mol. The van der Waals surface area contributed by atoms with Crippen LogP contribution in [-0.2, 0) is 27.4 Å². The maximum atomic E-state index is 12.8. The highest BCUT2D eigenvalue weighted by atomic mass is 32.2. The molecule has 6 nitrogen and oxygen atoms in total. The lowest BCUT2D eigenvalue weighted by atomic mass is 10.1. The van der Waals surface area contributed by atoms with E-state index in [-0.39, 0.29) is 6.09 Å². The number of para-hydroxylation sites is 1. The molecule has 1 amide bonds. The molecule has 0 radical (unpaired) electrons. The molecule has 0 saturated heterocycles. The van der Waals surface area contributed by atoms with Gasteiger partial charge in [0.25, 0.3) is 0 Å². The Balaban J connectivity index is 1.64. The van der Waals surface area contributed by atoms with Crippen LogP contribution < -0.4 is 4.89 Å². The summed E-state index contributed by atoms with van der Waals surface area (Å²) >= 11 is 1.51. The first-order valence-electron chi connectivity index (χ1n) is 11.4. The largest absolute Gasteiger partial charge is 0.444 e. The van der Waals surface area contributed by atoms with Gasteiger partial charge < -0.3 is 9.64 Å². The van der Waals surface area contributed by atoms with Gasteiger partial charge in [0.05, 0.1) is 4.90 Å². The predicted molar refractivity (Wildman–Crippen MR) is 136 cm³/mol. The molecular formula is C28H31NO5S. The Kier molecular flexibility index (Phi) is 9.20. The predicted octanol–water partition coefficient (Wildman–Crippen LogP) is 6.67. The highest BCUT2D eigenvalue weighted by Gasteiger charge is 2.22. The molecule has 0 aliphatic rings. The quantitative estimate of drug-likeness (QED) is 0.245. The van der Waals surface area contributed by atoms with E-state index in [1.54, 1.807) is 11.0 Å². The Bertz CT molecular complexity index is 1110. The number of nitrogens with zero attached hydrogens (tertiary/aromatic N) is 1. The molecule has 0 spiro atoms. The molecule has 0 bridgehead atoms. The zero-order valence-electron chi connectivity index (χ0n) is 20.5. The van der Waals surface area contributed by atoms with Gasteiger partial charge in [-0.15, -0.1) is 0 Å². The average Bonchev–Trinajstić information content (AvgIpc) is 2.81. The first kappa shape index (κ1) is 26.2. The van der Waals surface area contributed by atoms with Crippen LogP contribution in [0.4, 0.5) is 4.79 Å². The van der Waals surface area contributed by atoms with Gasteiger partial charge in [-0.25, -0.2) is 9.59 Å². The molecule has 184 valence electrons. The molecule has 35 heavy (non-hydrogen) atoms. The minimum atomic E-state index is -0.555. The van der Waals surface area contributed by atoms with Crippen molar-refractivity contribution in [3.05, 3.63) is 90.0 Å². The minimum Gasteiger partial charge on any atom is -0.444 e. The van der Waals surface area contributed by atoms with Crippen molar-refractivity contribution in [3.8, 4) is 5.75 Å². The SMILES string of the molecule is CC(=O)OOc1ccccc1Sc1ccc(CCN(Cc2ccccc2)C(=O)OC(C)(C)C)cc1. The standard InChI is InChI=1S/C28H31NO5S/c1-21(30)33-34-25-12-8-9-13-26(25)35-24-16-14-22(15-17-24)18-19-29(27(31)32-28(2,3)4)20-23-10-6-5-7-11-23/h5-17H,18-20H2,1-4H3. The minimum absolute atomic E-state index is 0.321. The van der Waals surface area contributed by atoms with Crippen LogP contribution in [0.25, 0.3) is 0 Å². The Morgan fingerprint density at radius 1 is 0.857 bits per heavy atom. The second kappa shape index (κ2) is 12.3. The van der Waals surface area contributed by atoms with Crippen LogP contribution in [-0.4, -0.2) is 29.1 Å². The summed E-state index contributed by atoms with van der Waals surface area (Å²) < 4.78 is 5.63. The van der Waals surface area contributed by atoms with Crippen LogP contribution in [0.3, 0.4) is 0 Å². The van der Waals surface area contributed by atoms with Crippen molar-refractivity contribution in [1.29, 1.82) is 0 Å². The van der Waals surface area contributed by atoms with Gasteiger partial charge in [0.1, 0.15) is 5.60 Å². The van der Waals surface area contributed by atoms with E-state index < -0.39 is 11.6 Å². The van der Waals surface area contributed by atoms with Crippen LogP contribution >= 0.6 is 11.8 Å². The normalized spacial score (nSPS) is 11.0.